The molecule has 2 aromatic rings. The number of carbonyl (C=O) groups excluding carboxylic acids is 4. The maximum absolute atomic E-state index is 14.3. The average molecular weight is 584 g/mol. The number of esters is 1. The largest absolute Gasteiger partial charge is 0.508 e. The summed E-state index contributed by atoms with van der Waals surface area (Å²) in [6.45, 7) is 11.3. The molecule has 0 saturated heterocycles. The van der Waals surface area contributed by atoms with Gasteiger partial charge in [0.2, 0.25) is 11.8 Å². The number of carbonyl (C=O) groups is 4. The second kappa shape index (κ2) is 16.4. The summed E-state index contributed by atoms with van der Waals surface area (Å²) in [5.41, 5.74) is 1.58. The predicted octanol–water partition coefficient (Wildman–Crippen LogP) is 4.44. The van der Waals surface area contributed by atoms with Crippen LogP contribution in [-0.4, -0.2) is 65.2 Å². The molecule has 230 valence electrons. The van der Waals surface area contributed by atoms with Gasteiger partial charge in [-0.05, 0) is 69.4 Å². The standard InChI is InChI=1S/C32H45N3O7/c1-7-20-35(28(24-14-10-22(8-2)11-15-24)29(38)33-19-18-27(37)41-9-3)30(39)26(34-31(40)42-32(4,5)6)21-23-12-16-25(36)17-13-23/h10-17,26,28,36H,7-9,18-21H2,1-6H3,(H,33,38)(H,34,40). The number of alkyl carbamates (subject to hydrolysis) is 1. The van der Waals surface area contributed by atoms with Crippen LogP contribution in [0.25, 0.3) is 0 Å². The second-order valence-corrected chi connectivity index (χ2v) is 10.9. The monoisotopic (exact) mass is 583 g/mol. The van der Waals surface area contributed by atoms with Crippen molar-refractivity contribution in [1.29, 1.82) is 0 Å². The molecule has 2 rings (SSSR count). The Balaban J connectivity index is 2.47. The maximum Gasteiger partial charge on any atom is 0.408 e. The van der Waals surface area contributed by atoms with Gasteiger partial charge in [0, 0.05) is 19.5 Å². The van der Waals surface area contributed by atoms with E-state index in [1.165, 1.54) is 17.0 Å². The number of hydrogen-bond acceptors (Lipinski definition) is 7. The Morgan fingerprint density at radius 1 is 0.929 bits per heavy atom. The van der Waals surface area contributed by atoms with E-state index in [1.807, 2.05) is 38.1 Å². The molecule has 2 unspecified atom stereocenters. The molecule has 0 heterocycles. The van der Waals surface area contributed by atoms with Crippen molar-refractivity contribution in [2.24, 2.45) is 0 Å². The fourth-order valence-electron chi connectivity index (χ4n) is 4.35. The fourth-order valence-corrected chi connectivity index (χ4v) is 4.35. The number of hydrogen-bond donors (Lipinski definition) is 3. The lowest BCUT2D eigenvalue weighted by atomic mass is 9.98. The van der Waals surface area contributed by atoms with Crippen LogP contribution in [0.3, 0.4) is 0 Å². The van der Waals surface area contributed by atoms with Crippen LogP contribution in [0.4, 0.5) is 4.79 Å². The number of aryl methyl sites for hydroxylation is 1. The van der Waals surface area contributed by atoms with Gasteiger partial charge in [-0.15, -0.1) is 0 Å². The minimum Gasteiger partial charge on any atom is -0.508 e. The van der Waals surface area contributed by atoms with Crippen molar-refractivity contribution in [2.45, 2.75) is 84.9 Å². The van der Waals surface area contributed by atoms with Crippen molar-refractivity contribution in [1.82, 2.24) is 15.5 Å². The Labute approximate surface area is 248 Å². The van der Waals surface area contributed by atoms with Crippen LogP contribution in [0, 0.1) is 0 Å². The Bertz CT molecular complexity index is 1170. The molecule has 0 saturated carbocycles. The zero-order valence-electron chi connectivity index (χ0n) is 25.6. The molecule has 0 bridgehead atoms. The molecule has 0 aliphatic heterocycles. The number of rotatable bonds is 14. The predicted molar refractivity (Wildman–Crippen MR) is 160 cm³/mol. The molecular weight excluding hydrogens is 538 g/mol. The van der Waals surface area contributed by atoms with E-state index in [-0.39, 0.29) is 38.3 Å². The number of nitrogens with zero attached hydrogens (tertiary/aromatic N) is 1. The summed E-state index contributed by atoms with van der Waals surface area (Å²) in [4.78, 5) is 54.1. The summed E-state index contributed by atoms with van der Waals surface area (Å²) < 4.78 is 10.4. The van der Waals surface area contributed by atoms with Gasteiger partial charge in [0.05, 0.1) is 13.0 Å². The van der Waals surface area contributed by atoms with Crippen molar-refractivity contribution in [3.8, 4) is 5.75 Å². The third-order valence-corrected chi connectivity index (χ3v) is 6.31. The first-order valence-electron chi connectivity index (χ1n) is 14.5. The van der Waals surface area contributed by atoms with E-state index < -0.39 is 41.6 Å². The van der Waals surface area contributed by atoms with Crippen LogP contribution in [-0.2, 0) is 36.7 Å². The molecule has 2 aromatic carbocycles. The summed E-state index contributed by atoms with van der Waals surface area (Å²) >= 11 is 0. The zero-order chi connectivity index (χ0) is 31.3. The lowest BCUT2D eigenvalue weighted by Gasteiger charge is -2.34. The molecule has 10 heteroatoms. The first-order valence-corrected chi connectivity index (χ1v) is 14.5. The van der Waals surface area contributed by atoms with Gasteiger partial charge in [0.15, 0.2) is 0 Å². The van der Waals surface area contributed by atoms with Crippen LogP contribution in [0.15, 0.2) is 48.5 Å². The number of phenols is 1. The van der Waals surface area contributed by atoms with Crippen LogP contribution in [0.1, 0.15) is 77.1 Å². The summed E-state index contributed by atoms with van der Waals surface area (Å²) in [5.74, 6) is -1.28. The molecule has 0 aliphatic rings. The van der Waals surface area contributed by atoms with Gasteiger partial charge in [0.25, 0.3) is 0 Å². The first-order chi connectivity index (χ1) is 19.9. The summed E-state index contributed by atoms with van der Waals surface area (Å²) in [6, 6.07) is 11.7. The number of ether oxygens (including phenoxy) is 2. The highest BCUT2D eigenvalue weighted by atomic mass is 16.6. The third-order valence-electron chi connectivity index (χ3n) is 6.31. The first kappa shape index (κ1) is 34.1. The van der Waals surface area contributed by atoms with Crippen molar-refractivity contribution in [3.63, 3.8) is 0 Å². The van der Waals surface area contributed by atoms with Crippen LogP contribution in [0.5, 0.6) is 5.75 Å². The molecule has 0 aliphatic carbocycles. The molecule has 0 fully saturated rings. The third kappa shape index (κ3) is 11.1. The maximum atomic E-state index is 14.3. The molecule has 3 amide bonds. The smallest absolute Gasteiger partial charge is 0.408 e. The van der Waals surface area contributed by atoms with E-state index in [9.17, 15) is 24.3 Å². The van der Waals surface area contributed by atoms with Crippen molar-refractivity contribution < 1.29 is 33.8 Å². The quantitative estimate of drug-likeness (QED) is 0.280. The molecule has 0 spiro atoms. The van der Waals surface area contributed by atoms with Gasteiger partial charge in [-0.3, -0.25) is 14.4 Å². The van der Waals surface area contributed by atoms with Gasteiger partial charge in [0.1, 0.15) is 23.4 Å². The van der Waals surface area contributed by atoms with Crippen molar-refractivity contribution in [2.75, 3.05) is 19.7 Å². The van der Waals surface area contributed by atoms with E-state index in [0.717, 1.165) is 12.0 Å². The molecule has 10 nitrogen and oxygen atoms in total. The molecule has 0 aromatic heterocycles. The minimum absolute atomic E-state index is 0.00747. The van der Waals surface area contributed by atoms with Gasteiger partial charge in [-0.25, -0.2) is 4.79 Å². The van der Waals surface area contributed by atoms with E-state index in [1.54, 1.807) is 39.8 Å². The molecular formula is C32H45N3O7. The summed E-state index contributed by atoms with van der Waals surface area (Å²) in [6.07, 6.45) is 0.683. The van der Waals surface area contributed by atoms with E-state index in [2.05, 4.69) is 10.6 Å². The zero-order valence-corrected chi connectivity index (χ0v) is 25.6. The van der Waals surface area contributed by atoms with Gasteiger partial charge >= 0.3 is 12.1 Å². The highest BCUT2D eigenvalue weighted by Gasteiger charge is 2.36. The van der Waals surface area contributed by atoms with Gasteiger partial charge in [-0.2, -0.15) is 0 Å². The average Bonchev–Trinajstić information content (AvgIpc) is 2.92. The van der Waals surface area contributed by atoms with Gasteiger partial charge in [-0.1, -0.05) is 50.2 Å². The number of benzene rings is 2. The lowest BCUT2D eigenvalue weighted by molar-refractivity contribution is -0.144. The van der Waals surface area contributed by atoms with E-state index >= 15 is 0 Å². The van der Waals surface area contributed by atoms with Crippen molar-refractivity contribution >= 4 is 23.9 Å². The lowest BCUT2D eigenvalue weighted by Crippen LogP contribution is -2.54. The Morgan fingerprint density at radius 3 is 2.10 bits per heavy atom. The fraction of sp³-hybridized carbons (Fsp3) is 0.500. The number of phenolic OH excluding ortho intramolecular Hbond substituents is 1. The van der Waals surface area contributed by atoms with Crippen molar-refractivity contribution in [3.05, 3.63) is 65.2 Å². The highest BCUT2D eigenvalue weighted by Crippen LogP contribution is 2.25. The van der Waals surface area contributed by atoms with Crippen LogP contribution in [0.2, 0.25) is 0 Å². The van der Waals surface area contributed by atoms with Gasteiger partial charge < -0.3 is 30.1 Å². The molecule has 42 heavy (non-hydrogen) atoms. The molecule has 3 N–H and O–H groups in total. The Hall–Kier alpha value is -4.08. The Kier molecular flexibility index (Phi) is 13.3. The second-order valence-electron chi connectivity index (χ2n) is 10.9. The highest BCUT2D eigenvalue weighted by molar-refractivity contribution is 5.92. The Morgan fingerprint density at radius 2 is 1.55 bits per heavy atom. The van der Waals surface area contributed by atoms with E-state index in [0.29, 0.717) is 17.5 Å². The number of nitrogens with one attached hydrogen (secondary N) is 2. The SMILES string of the molecule is CCCN(C(=O)C(Cc1ccc(O)cc1)NC(=O)OC(C)(C)C)C(C(=O)NCCC(=O)OCC)c1ccc(CC)cc1. The van der Waals surface area contributed by atoms with Crippen LogP contribution < -0.4 is 10.6 Å². The molecule has 0 radical (unpaired) electrons. The number of aromatic hydroxyl groups is 1. The summed E-state index contributed by atoms with van der Waals surface area (Å²) in [5, 5.41) is 15.2. The minimum atomic E-state index is -1.07. The van der Waals surface area contributed by atoms with Crippen LogP contribution >= 0.6 is 0 Å². The number of amides is 3. The molecule has 2 atom stereocenters. The van der Waals surface area contributed by atoms with E-state index in [4.69, 9.17) is 9.47 Å². The topological polar surface area (TPSA) is 134 Å². The summed E-state index contributed by atoms with van der Waals surface area (Å²) in [7, 11) is 0. The normalized spacial score (nSPS) is 12.5.